The maximum atomic E-state index is 13.3. The Morgan fingerprint density at radius 1 is 1.03 bits per heavy atom. The summed E-state index contributed by atoms with van der Waals surface area (Å²) in [6, 6.07) is 9.68. The van der Waals surface area contributed by atoms with Gasteiger partial charge in [0.05, 0.1) is 17.9 Å². The van der Waals surface area contributed by atoms with Gasteiger partial charge in [-0.15, -0.1) is 0 Å². The topological polar surface area (TPSA) is 64.6 Å². The summed E-state index contributed by atoms with van der Waals surface area (Å²) in [5, 5.41) is 2.65. The molecule has 0 aromatic heterocycles. The van der Waals surface area contributed by atoms with Gasteiger partial charge in [-0.05, 0) is 75.1 Å². The molecular formula is C25H26F3NO4. The minimum atomic E-state index is -4.56. The number of amides is 1. The lowest BCUT2D eigenvalue weighted by atomic mass is 9.67. The fourth-order valence-electron chi connectivity index (χ4n) is 4.72. The van der Waals surface area contributed by atoms with Gasteiger partial charge in [-0.3, -0.25) is 9.59 Å². The highest BCUT2D eigenvalue weighted by molar-refractivity contribution is 5.96. The molecule has 0 heterocycles. The Morgan fingerprint density at radius 3 is 2.27 bits per heavy atom. The Kier molecular flexibility index (Phi) is 6.63. The normalized spacial score (nSPS) is 22.5. The van der Waals surface area contributed by atoms with Gasteiger partial charge in [0.1, 0.15) is 17.3 Å². The molecule has 1 N–H and O–H groups in total. The number of rotatable bonds is 6. The van der Waals surface area contributed by atoms with E-state index in [2.05, 4.69) is 5.32 Å². The second kappa shape index (κ2) is 9.45. The van der Waals surface area contributed by atoms with Crippen LogP contribution in [0, 0.1) is 17.8 Å². The zero-order valence-electron chi connectivity index (χ0n) is 18.3. The van der Waals surface area contributed by atoms with E-state index in [9.17, 15) is 22.8 Å². The maximum Gasteiger partial charge on any atom is 0.416 e. The van der Waals surface area contributed by atoms with Crippen molar-refractivity contribution < 1.29 is 32.2 Å². The summed E-state index contributed by atoms with van der Waals surface area (Å²) in [7, 11) is 0. The molecule has 2 aliphatic carbocycles. The summed E-state index contributed by atoms with van der Waals surface area (Å²) < 4.78 is 51.2. The summed E-state index contributed by atoms with van der Waals surface area (Å²) in [5.74, 6) is 0.316. The smallest absolute Gasteiger partial charge is 0.416 e. The minimum Gasteiger partial charge on any atom is -0.494 e. The number of ether oxygens (including phenoxy) is 2. The zero-order chi connectivity index (χ0) is 23.6. The van der Waals surface area contributed by atoms with Crippen molar-refractivity contribution in [1.29, 1.82) is 0 Å². The van der Waals surface area contributed by atoms with E-state index in [4.69, 9.17) is 9.47 Å². The lowest BCUT2D eigenvalue weighted by molar-refractivity contribution is -0.138. The number of fused-ring (bicyclic) bond motifs is 2. The van der Waals surface area contributed by atoms with E-state index in [1.165, 1.54) is 6.07 Å². The molecule has 2 aromatic rings. The first-order valence-corrected chi connectivity index (χ1v) is 11.2. The number of carbonyl (C=O) groups excluding carboxylic acids is 2. The van der Waals surface area contributed by atoms with Crippen LogP contribution in [0.15, 0.2) is 42.5 Å². The molecule has 2 bridgehead atoms. The monoisotopic (exact) mass is 461 g/mol. The van der Waals surface area contributed by atoms with Gasteiger partial charge < -0.3 is 14.8 Å². The predicted octanol–water partition coefficient (Wildman–Crippen LogP) is 6.23. The van der Waals surface area contributed by atoms with Gasteiger partial charge in [-0.1, -0.05) is 6.42 Å². The Hall–Kier alpha value is -3.03. The highest BCUT2D eigenvalue weighted by Gasteiger charge is 2.41. The number of hydrogen-bond donors (Lipinski definition) is 1. The third-order valence-electron chi connectivity index (χ3n) is 6.35. The standard InChI is InChI=1S/C25H26F3NO4/c1-2-32-19-7-9-20(10-8-19)33-22-11-6-18(25(26,27)28)14-21(22)29-24(31)17-12-15-4-3-5-16(13-17)23(15)30/h6-11,14-17H,2-5,12-13H2,1H3,(H,29,31). The number of Topliss-reactive ketones (excluding diaryl/α,β-unsaturated/α-hetero) is 1. The van der Waals surface area contributed by atoms with Crippen LogP contribution in [0.1, 0.15) is 44.6 Å². The fourth-order valence-corrected chi connectivity index (χ4v) is 4.72. The number of carbonyl (C=O) groups is 2. The van der Waals surface area contributed by atoms with Gasteiger partial charge in [0.15, 0.2) is 5.75 Å². The number of nitrogens with one attached hydrogen (secondary N) is 1. The van der Waals surface area contributed by atoms with E-state index >= 15 is 0 Å². The van der Waals surface area contributed by atoms with Crippen molar-refractivity contribution in [3.63, 3.8) is 0 Å². The molecule has 0 aliphatic heterocycles. The van der Waals surface area contributed by atoms with Crippen molar-refractivity contribution >= 4 is 17.4 Å². The second-order valence-corrected chi connectivity index (χ2v) is 8.60. The van der Waals surface area contributed by atoms with Crippen molar-refractivity contribution in [3.05, 3.63) is 48.0 Å². The first-order valence-electron chi connectivity index (χ1n) is 11.2. The number of hydrogen-bond acceptors (Lipinski definition) is 4. The SMILES string of the molecule is CCOc1ccc(Oc2ccc(C(F)(F)F)cc2NC(=O)C2CC3CCCC(C2)C3=O)cc1. The maximum absolute atomic E-state index is 13.3. The molecule has 176 valence electrons. The average molecular weight is 461 g/mol. The van der Waals surface area contributed by atoms with Crippen molar-refractivity contribution in [2.45, 2.75) is 45.2 Å². The molecule has 0 saturated heterocycles. The van der Waals surface area contributed by atoms with E-state index < -0.39 is 17.7 Å². The summed E-state index contributed by atoms with van der Waals surface area (Å²) in [5.41, 5.74) is -0.932. The van der Waals surface area contributed by atoms with Crippen molar-refractivity contribution in [1.82, 2.24) is 0 Å². The first kappa shape index (κ1) is 23.1. The Labute approximate surface area is 190 Å². The van der Waals surface area contributed by atoms with Crippen LogP contribution in [0.2, 0.25) is 0 Å². The Balaban J connectivity index is 1.55. The molecular weight excluding hydrogens is 435 g/mol. The number of alkyl halides is 3. The van der Waals surface area contributed by atoms with Gasteiger partial charge in [0.2, 0.25) is 5.91 Å². The van der Waals surface area contributed by atoms with Crippen LogP contribution in [0.25, 0.3) is 0 Å². The number of benzene rings is 2. The van der Waals surface area contributed by atoms with E-state index in [0.717, 1.165) is 31.4 Å². The molecule has 8 heteroatoms. The summed E-state index contributed by atoms with van der Waals surface area (Å²) in [6.45, 7) is 2.36. The molecule has 2 saturated carbocycles. The Bertz CT molecular complexity index is 1000. The molecule has 2 unspecified atom stereocenters. The van der Waals surface area contributed by atoms with Crippen LogP contribution >= 0.6 is 0 Å². The molecule has 4 rings (SSSR count). The van der Waals surface area contributed by atoms with Crippen LogP contribution < -0.4 is 14.8 Å². The van der Waals surface area contributed by atoms with E-state index in [-0.39, 0.29) is 35.0 Å². The van der Waals surface area contributed by atoms with Gasteiger partial charge in [0, 0.05) is 17.8 Å². The lowest BCUT2D eigenvalue weighted by Crippen LogP contribution is -2.40. The Morgan fingerprint density at radius 2 is 1.67 bits per heavy atom. The molecule has 0 spiro atoms. The van der Waals surface area contributed by atoms with Crippen LogP contribution in [0.4, 0.5) is 18.9 Å². The summed E-state index contributed by atoms with van der Waals surface area (Å²) in [4.78, 5) is 25.3. The van der Waals surface area contributed by atoms with Crippen LogP contribution in [0.5, 0.6) is 17.2 Å². The van der Waals surface area contributed by atoms with Crippen molar-refractivity contribution in [2.24, 2.45) is 17.8 Å². The van der Waals surface area contributed by atoms with Gasteiger partial charge in [0.25, 0.3) is 0 Å². The third-order valence-corrected chi connectivity index (χ3v) is 6.35. The van der Waals surface area contributed by atoms with Gasteiger partial charge in [-0.2, -0.15) is 13.2 Å². The molecule has 1 amide bonds. The predicted molar refractivity (Wildman–Crippen MR) is 116 cm³/mol. The van der Waals surface area contributed by atoms with Gasteiger partial charge >= 0.3 is 6.18 Å². The molecule has 33 heavy (non-hydrogen) atoms. The van der Waals surface area contributed by atoms with E-state index in [0.29, 0.717) is 30.9 Å². The minimum absolute atomic E-state index is 0.0502. The molecule has 2 aromatic carbocycles. The number of anilines is 1. The highest BCUT2D eigenvalue weighted by Crippen LogP contribution is 2.42. The number of ketones is 1. The van der Waals surface area contributed by atoms with Crippen molar-refractivity contribution in [3.8, 4) is 17.2 Å². The molecule has 0 radical (unpaired) electrons. The third kappa shape index (κ3) is 5.31. The van der Waals surface area contributed by atoms with E-state index in [1.54, 1.807) is 24.3 Å². The quantitative estimate of drug-likeness (QED) is 0.554. The van der Waals surface area contributed by atoms with Crippen molar-refractivity contribution in [2.75, 3.05) is 11.9 Å². The molecule has 2 fully saturated rings. The van der Waals surface area contributed by atoms with Gasteiger partial charge in [-0.25, -0.2) is 0 Å². The van der Waals surface area contributed by atoms with Crippen LogP contribution in [0.3, 0.4) is 0 Å². The fraction of sp³-hybridized carbons (Fsp3) is 0.440. The average Bonchev–Trinajstić information content (AvgIpc) is 2.75. The lowest BCUT2D eigenvalue weighted by Gasteiger charge is -2.37. The number of halogens is 3. The summed E-state index contributed by atoms with van der Waals surface area (Å²) >= 11 is 0. The largest absolute Gasteiger partial charge is 0.494 e. The molecule has 2 aliphatic rings. The summed E-state index contributed by atoms with van der Waals surface area (Å²) in [6.07, 6.45) is -1.16. The van der Waals surface area contributed by atoms with Crippen LogP contribution in [-0.4, -0.2) is 18.3 Å². The highest BCUT2D eigenvalue weighted by atomic mass is 19.4. The zero-order valence-corrected chi connectivity index (χ0v) is 18.3. The van der Waals surface area contributed by atoms with Crippen LogP contribution in [-0.2, 0) is 15.8 Å². The molecule has 2 atom stereocenters. The first-order chi connectivity index (χ1) is 15.7. The van der Waals surface area contributed by atoms with E-state index in [1.807, 2.05) is 6.92 Å². The second-order valence-electron chi connectivity index (χ2n) is 8.60. The molecule has 5 nitrogen and oxygen atoms in total.